The van der Waals surface area contributed by atoms with Crippen LogP contribution in [0.4, 0.5) is 5.69 Å². The van der Waals surface area contributed by atoms with Crippen molar-refractivity contribution in [2.75, 3.05) is 38.2 Å². The van der Waals surface area contributed by atoms with Gasteiger partial charge in [0.15, 0.2) is 6.61 Å². The Hall–Kier alpha value is -2.50. The molecule has 1 aliphatic heterocycles. The Balaban J connectivity index is 1.55. The third kappa shape index (κ3) is 5.84. The smallest absolute Gasteiger partial charge is 0.332 e. The second-order valence-electron chi connectivity index (χ2n) is 7.99. The number of carbonyl (C=O) groups is 3. The van der Waals surface area contributed by atoms with Crippen LogP contribution in [-0.2, 0) is 33.9 Å². The SMILES string of the molecule is CC(=O)NC1(C(=O)OCC(=O)Nc2ccc(S(=O)(=O)N3CCOCC3)cc2)CCCCC1. The number of anilines is 1. The van der Waals surface area contributed by atoms with Crippen LogP contribution >= 0.6 is 0 Å². The van der Waals surface area contributed by atoms with Gasteiger partial charge in [-0.1, -0.05) is 19.3 Å². The average Bonchev–Trinajstić information content (AvgIpc) is 2.78. The number of nitrogens with zero attached hydrogens (tertiary/aromatic N) is 1. The van der Waals surface area contributed by atoms with Crippen LogP contribution in [0.2, 0.25) is 0 Å². The number of nitrogens with one attached hydrogen (secondary N) is 2. The molecule has 0 spiro atoms. The Kier molecular flexibility index (Phi) is 7.86. The summed E-state index contributed by atoms with van der Waals surface area (Å²) in [6, 6.07) is 5.79. The topological polar surface area (TPSA) is 131 Å². The molecule has 11 heteroatoms. The maximum absolute atomic E-state index is 12.7. The molecule has 1 aromatic rings. The van der Waals surface area contributed by atoms with E-state index in [9.17, 15) is 22.8 Å². The van der Waals surface area contributed by atoms with Gasteiger partial charge in [0.2, 0.25) is 15.9 Å². The van der Waals surface area contributed by atoms with E-state index in [2.05, 4.69) is 10.6 Å². The third-order valence-electron chi connectivity index (χ3n) is 5.59. The van der Waals surface area contributed by atoms with Crippen LogP contribution in [-0.4, -0.2) is 69.0 Å². The molecule has 32 heavy (non-hydrogen) atoms. The maximum Gasteiger partial charge on any atom is 0.332 e. The van der Waals surface area contributed by atoms with E-state index in [1.807, 2.05) is 0 Å². The van der Waals surface area contributed by atoms with Gasteiger partial charge in [-0.05, 0) is 37.1 Å². The molecule has 1 heterocycles. The molecule has 0 atom stereocenters. The first-order chi connectivity index (χ1) is 15.2. The molecule has 2 N–H and O–H groups in total. The second-order valence-corrected chi connectivity index (χ2v) is 9.93. The summed E-state index contributed by atoms with van der Waals surface area (Å²) in [6.07, 6.45) is 3.52. The molecule has 0 unspecified atom stereocenters. The van der Waals surface area contributed by atoms with E-state index >= 15 is 0 Å². The second kappa shape index (κ2) is 10.4. The number of sulfonamides is 1. The van der Waals surface area contributed by atoms with Crippen molar-refractivity contribution >= 4 is 33.5 Å². The highest BCUT2D eigenvalue weighted by Gasteiger charge is 2.42. The van der Waals surface area contributed by atoms with Crippen molar-refractivity contribution in [3.63, 3.8) is 0 Å². The number of carbonyl (C=O) groups excluding carboxylic acids is 3. The Labute approximate surface area is 187 Å². The lowest BCUT2D eigenvalue weighted by atomic mass is 9.81. The third-order valence-corrected chi connectivity index (χ3v) is 7.51. The summed E-state index contributed by atoms with van der Waals surface area (Å²) in [5.74, 6) is -1.49. The molecule has 0 bridgehead atoms. The highest BCUT2D eigenvalue weighted by molar-refractivity contribution is 7.89. The van der Waals surface area contributed by atoms with Gasteiger partial charge < -0.3 is 20.1 Å². The quantitative estimate of drug-likeness (QED) is 0.573. The zero-order valence-corrected chi connectivity index (χ0v) is 18.9. The minimum atomic E-state index is -3.62. The fourth-order valence-corrected chi connectivity index (χ4v) is 5.39. The number of hydrogen-bond donors (Lipinski definition) is 2. The number of morpholine rings is 1. The van der Waals surface area contributed by atoms with Gasteiger partial charge in [0.05, 0.1) is 18.1 Å². The first kappa shape index (κ1) is 24.1. The van der Waals surface area contributed by atoms with Crippen LogP contribution in [0.15, 0.2) is 29.2 Å². The monoisotopic (exact) mass is 467 g/mol. The fraction of sp³-hybridized carbons (Fsp3) is 0.571. The maximum atomic E-state index is 12.7. The van der Waals surface area contributed by atoms with E-state index < -0.39 is 34.0 Å². The van der Waals surface area contributed by atoms with E-state index in [0.29, 0.717) is 44.8 Å². The van der Waals surface area contributed by atoms with Crippen molar-refractivity contribution in [1.29, 1.82) is 0 Å². The fourth-order valence-electron chi connectivity index (χ4n) is 3.99. The summed E-state index contributed by atoms with van der Waals surface area (Å²) in [5, 5.41) is 5.28. The molecule has 2 amide bonds. The van der Waals surface area contributed by atoms with Gasteiger partial charge >= 0.3 is 5.97 Å². The van der Waals surface area contributed by atoms with Crippen molar-refractivity contribution in [3.8, 4) is 0 Å². The van der Waals surface area contributed by atoms with Crippen LogP contribution in [0.3, 0.4) is 0 Å². The van der Waals surface area contributed by atoms with Gasteiger partial charge in [-0.25, -0.2) is 13.2 Å². The minimum Gasteiger partial charge on any atom is -0.454 e. The molecule has 176 valence electrons. The van der Waals surface area contributed by atoms with Crippen molar-refractivity contribution < 1.29 is 32.3 Å². The molecule has 0 radical (unpaired) electrons. The van der Waals surface area contributed by atoms with E-state index in [1.165, 1.54) is 35.5 Å². The number of benzene rings is 1. The predicted octanol–water partition coefficient (Wildman–Crippen LogP) is 1.03. The highest BCUT2D eigenvalue weighted by atomic mass is 32.2. The van der Waals surface area contributed by atoms with E-state index in [1.54, 1.807) is 0 Å². The van der Waals surface area contributed by atoms with Crippen LogP contribution < -0.4 is 10.6 Å². The molecule has 3 rings (SSSR count). The van der Waals surface area contributed by atoms with Crippen molar-refractivity contribution in [1.82, 2.24) is 9.62 Å². The molecule has 1 aromatic carbocycles. The summed E-state index contributed by atoms with van der Waals surface area (Å²) in [7, 11) is -3.62. The van der Waals surface area contributed by atoms with E-state index in [4.69, 9.17) is 9.47 Å². The van der Waals surface area contributed by atoms with Crippen molar-refractivity contribution in [2.45, 2.75) is 49.5 Å². The molecule has 0 aromatic heterocycles. The highest BCUT2D eigenvalue weighted by Crippen LogP contribution is 2.29. The van der Waals surface area contributed by atoms with Crippen LogP contribution in [0.5, 0.6) is 0 Å². The predicted molar refractivity (Wildman–Crippen MR) is 115 cm³/mol. The first-order valence-corrected chi connectivity index (χ1v) is 12.1. The minimum absolute atomic E-state index is 0.123. The molecule has 1 saturated heterocycles. The molecule has 10 nitrogen and oxygen atoms in total. The van der Waals surface area contributed by atoms with E-state index in [-0.39, 0.29) is 10.8 Å². The van der Waals surface area contributed by atoms with Crippen molar-refractivity contribution in [3.05, 3.63) is 24.3 Å². The zero-order chi connectivity index (χ0) is 23.2. The van der Waals surface area contributed by atoms with Gasteiger partial charge in [-0.15, -0.1) is 0 Å². The summed E-state index contributed by atoms with van der Waals surface area (Å²) < 4.78 is 37.0. The van der Waals surface area contributed by atoms with Gasteiger partial charge in [0.25, 0.3) is 5.91 Å². The van der Waals surface area contributed by atoms with Crippen molar-refractivity contribution in [2.24, 2.45) is 0 Å². The molecular formula is C21H29N3O7S. The summed E-state index contributed by atoms with van der Waals surface area (Å²) in [6.45, 7) is 2.15. The number of esters is 1. The summed E-state index contributed by atoms with van der Waals surface area (Å²) >= 11 is 0. The summed E-state index contributed by atoms with van der Waals surface area (Å²) in [5.41, 5.74) is -0.707. The zero-order valence-electron chi connectivity index (χ0n) is 18.1. The normalized spacial score (nSPS) is 19.0. The molecular weight excluding hydrogens is 438 g/mol. The molecule has 1 aliphatic carbocycles. The molecule has 2 fully saturated rings. The van der Waals surface area contributed by atoms with Gasteiger partial charge in [0.1, 0.15) is 5.54 Å². The Morgan fingerprint density at radius 2 is 1.69 bits per heavy atom. The van der Waals surface area contributed by atoms with E-state index in [0.717, 1.165) is 19.3 Å². The summed E-state index contributed by atoms with van der Waals surface area (Å²) in [4.78, 5) is 36.5. The standard InChI is InChI=1S/C21H29N3O7S/c1-16(25)23-21(9-3-2-4-10-21)20(27)31-15-19(26)22-17-5-7-18(8-6-17)32(28,29)24-11-13-30-14-12-24/h5-8H,2-4,9-15H2,1H3,(H,22,26)(H,23,25). The van der Waals surface area contributed by atoms with Crippen LogP contribution in [0.25, 0.3) is 0 Å². The number of rotatable bonds is 7. The van der Waals surface area contributed by atoms with Gasteiger partial charge in [-0.2, -0.15) is 4.31 Å². The number of amides is 2. The lowest BCUT2D eigenvalue weighted by Crippen LogP contribution is -2.56. The van der Waals surface area contributed by atoms with Crippen LogP contribution in [0, 0.1) is 0 Å². The number of hydrogen-bond acceptors (Lipinski definition) is 7. The van der Waals surface area contributed by atoms with Crippen LogP contribution in [0.1, 0.15) is 39.0 Å². The van der Waals surface area contributed by atoms with Gasteiger partial charge in [-0.3, -0.25) is 9.59 Å². The average molecular weight is 468 g/mol. The first-order valence-electron chi connectivity index (χ1n) is 10.7. The Bertz CT molecular complexity index is 935. The largest absolute Gasteiger partial charge is 0.454 e. The Morgan fingerprint density at radius 1 is 1.06 bits per heavy atom. The van der Waals surface area contributed by atoms with Gasteiger partial charge in [0, 0.05) is 25.7 Å². The Morgan fingerprint density at radius 3 is 2.28 bits per heavy atom. The lowest BCUT2D eigenvalue weighted by Gasteiger charge is -2.35. The molecule has 1 saturated carbocycles. The molecule has 2 aliphatic rings. The number of ether oxygens (including phenoxy) is 2. The lowest BCUT2D eigenvalue weighted by molar-refractivity contribution is -0.157.